The number of nitrogens with zero attached hydrogens (tertiary/aromatic N) is 3. The number of amides is 1. The fraction of sp³-hybridized carbons (Fsp3) is 0. The lowest BCUT2D eigenvalue weighted by Crippen LogP contribution is -2.07. The number of nitrogens with one attached hydrogen (secondary N) is 1. The van der Waals surface area contributed by atoms with Crippen LogP contribution in [0.3, 0.4) is 0 Å². The average molecular weight is 377 g/mol. The second-order valence-electron chi connectivity index (χ2n) is 4.65. The first-order valence-corrected chi connectivity index (χ1v) is 8.04. The first-order valence-electron chi connectivity index (χ1n) is 6.84. The minimum atomic E-state index is -0.509. The van der Waals surface area contributed by atoms with Gasteiger partial charge in [0, 0.05) is 17.0 Å². The van der Waals surface area contributed by atoms with E-state index in [1.54, 1.807) is 30.3 Å². The van der Waals surface area contributed by atoms with Crippen molar-refractivity contribution in [2.24, 2.45) is 0 Å². The van der Waals surface area contributed by atoms with Crippen LogP contribution in [0.15, 0.2) is 46.9 Å². The predicted octanol–water partition coefficient (Wildman–Crippen LogP) is 4.01. The smallest absolute Gasteiger partial charge is 0.324 e. The molecule has 126 valence electrons. The molecule has 8 nitrogen and oxygen atoms in total. The molecular weight excluding hydrogens is 368 g/mol. The van der Waals surface area contributed by atoms with E-state index >= 15 is 0 Å². The van der Waals surface area contributed by atoms with Gasteiger partial charge < -0.3 is 4.42 Å². The number of hydrogen-bond donors (Lipinski definition) is 1. The Morgan fingerprint density at radius 3 is 2.80 bits per heavy atom. The molecule has 2 heterocycles. The van der Waals surface area contributed by atoms with Crippen molar-refractivity contribution < 1.29 is 14.1 Å². The van der Waals surface area contributed by atoms with Crippen LogP contribution in [-0.2, 0) is 4.79 Å². The van der Waals surface area contributed by atoms with E-state index in [0.717, 1.165) is 11.3 Å². The summed E-state index contributed by atoms with van der Waals surface area (Å²) in [7, 11) is 0. The van der Waals surface area contributed by atoms with Gasteiger partial charge in [-0.2, -0.15) is 0 Å². The molecule has 0 saturated heterocycles. The van der Waals surface area contributed by atoms with Crippen molar-refractivity contribution in [3.8, 4) is 11.5 Å². The van der Waals surface area contributed by atoms with Gasteiger partial charge in [0.05, 0.1) is 15.5 Å². The molecule has 3 aromatic rings. The molecule has 2 aromatic heterocycles. The topological polar surface area (TPSA) is 111 Å². The molecule has 0 saturated carbocycles. The molecule has 1 aromatic carbocycles. The largest absolute Gasteiger partial charge is 0.403 e. The van der Waals surface area contributed by atoms with Gasteiger partial charge in [0.2, 0.25) is 0 Å². The Morgan fingerprint density at radius 2 is 2.08 bits per heavy atom. The van der Waals surface area contributed by atoms with Crippen LogP contribution in [0.25, 0.3) is 17.5 Å². The Morgan fingerprint density at radius 1 is 1.28 bits per heavy atom. The SMILES string of the molecule is O=C(/C=C/c1ccc([N+](=O)[O-])s1)Nc1nnc(-c2ccccc2Cl)o1. The standard InChI is InChI=1S/C15H9ClN4O4S/c16-11-4-2-1-3-10(11)14-18-19-15(24-14)17-12(21)7-5-9-6-8-13(25-9)20(22)23/h1-8H,(H,17,19,21)/b7-5+. The molecule has 10 heteroatoms. The van der Waals surface area contributed by atoms with Crippen LogP contribution in [0.5, 0.6) is 0 Å². The maximum atomic E-state index is 11.9. The highest BCUT2D eigenvalue weighted by Crippen LogP contribution is 2.27. The molecule has 0 spiro atoms. The first-order chi connectivity index (χ1) is 12.0. The van der Waals surface area contributed by atoms with Crippen LogP contribution in [0.4, 0.5) is 11.0 Å². The lowest BCUT2D eigenvalue weighted by molar-refractivity contribution is -0.380. The van der Waals surface area contributed by atoms with E-state index in [2.05, 4.69) is 15.5 Å². The summed E-state index contributed by atoms with van der Waals surface area (Å²) in [6.07, 6.45) is 2.67. The summed E-state index contributed by atoms with van der Waals surface area (Å²) in [6, 6.07) is 9.77. The minimum Gasteiger partial charge on any atom is -0.403 e. The van der Waals surface area contributed by atoms with Gasteiger partial charge in [-0.05, 0) is 24.3 Å². The summed E-state index contributed by atoms with van der Waals surface area (Å²) in [5.74, 6) is -0.329. The molecule has 1 amide bonds. The zero-order valence-electron chi connectivity index (χ0n) is 12.4. The Balaban J connectivity index is 1.66. The van der Waals surface area contributed by atoms with E-state index < -0.39 is 10.8 Å². The van der Waals surface area contributed by atoms with Crippen molar-refractivity contribution in [1.29, 1.82) is 0 Å². The molecule has 1 N–H and O–H groups in total. The number of hydrogen-bond acceptors (Lipinski definition) is 7. The van der Waals surface area contributed by atoms with E-state index in [0.29, 0.717) is 15.5 Å². The summed E-state index contributed by atoms with van der Waals surface area (Å²) in [5.41, 5.74) is 0.554. The summed E-state index contributed by atoms with van der Waals surface area (Å²) >= 11 is 7.00. The third-order valence-electron chi connectivity index (χ3n) is 2.95. The zero-order chi connectivity index (χ0) is 17.8. The van der Waals surface area contributed by atoms with Gasteiger partial charge in [0.15, 0.2) is 0 Å². The molecule has 0 aliphatic rings. The van der Waals surface area contributed by atoms with Crippen LogP contribution in [0.1, 0.15) is 4.88 Å². The summed E-state index contributed by atoms with van der Waals surface area (Å²) in [5, 5.41) is 21.0. The monoisotopic (exact) mass is 376 g/mol. The van der Waals surface area contributed by atoms with Crippen LogP contribution >= 0.6 is 22.9 Å². The number of carbonyl (C=O) groups is 1. The lowest BCUT2D eigenvalue weighted by Gasteiger charge is -1.97. The van der Waals surface area contributed by atoms with Crippen LogP contribution < -0.4 is 5.32 Å². The van der Waals surface area contributed by atoms with Crippen molar-refractivity contribution in [2.45, 2.75) is 0 Å². The number of nitro groups is 1. The van der Waals surface area contributed by atoms with Crippen LogP contribution in [0, 0.1) is 10.1 Å². The average Bonchev–Trinajstić information content (AvgIpc) is 3.23. The molecule has 3 rings (SSSR count). The molecule has 0 aliphatic carbocycles. The molecule has 0 radical (unpaired) electrons. The number of benzene rings is 1. The Bertz CT molecular complexity index is 966. The zero-order valence-corrected chi connectivity index (χ0v) is 14.0. The van der Waals surface area contributed by atoms with Crippen molar-refractivity contribution in [1.82, 2.24) is 10.2 Å². The van der Waals surface area contributed by atoms with E-state index in [1.165, 1.54) is 18.2 Å². The van der Waals surface area contributed by atoms with Crippen molar-refractivity contribution in [3.05, 3.63) is 62.5 Å². The normalized spacial score (nSPS) is 10.9. The molecular formula is C15H9ClN4O4S. The fourth-order valence-electron chi connectivity index (χ4n) is 1.85. The van der Waals surface area contributed by atoms with Crippen molar-refractivity contribution in [2.75, 3.05) is 5.32 Å². The second kappa shape index (κ2) is 7.24. The Hall–Kier alpha value is -3.04. The number of rotatable bonds is 5. The number of thiophene rings is 1. The third kappa shape index (κ3) is 4.08. The molecule has 25 heavy (non-hydrogen) atoms. The number of anilines is 1. The summed E-state index contributed by atoms with van der Waals surface area (Å²) < 4.78 is 5.35. The fourth-order valence-corrected chi connectivity index (χ4v) is 2.79. The second-order valence-corrected chi connectivity index (χ2v) is 6.15. The first kappa shape index (κ1) is 16.8. The van der Waals surface area contributed by atoms with Crippen LogP contribution in [0.2, 0.25) is 5.02 Å². The van der Waals surface area contributed by atoms with Crippen molar-refractivity contribution >= 4 is 45.9 Å². The quantitative estimate of drug-likeness (QED) is 0.409. The van der Waals surface area contributed by atoms with E-state index in [1.807, 2.05) is 0 Å². The molecule has 0 bridgehead atoms. The highest BCUT2D eigenvalue weighted by molar-refractivity contribution is 7.16. The van der Waals surface area contributed by atoms with Gasteiger partial charge in [-0.3, -0.25) is 20.2 Å². The third-order valence-corrected chi connectivity index (χ3v) is 4.28. The van der Waals surface area contributed by atoms with E-state index in [9.17, 15) is 14.9 Å². The predicted molar refractivity (Wildman–Crippen MR) is 93.4 cm³/mol. The Labute approximate surface area is 149 Å². The number of halogens is 1. The van der Waals surface area contributed by atoms with E-state index in [-0.39, 0.29) is 16.9 Å². The van der Waals surface area contributed by atoms with Gasteiger partial charge in [0.1, 0.15) is 0 Å². The van der Waals surface area contributed by atoms with Gasteiger partial charge in [-0.25, -0.2) is 0 Å². The molecule has 0 atom stereocenters. The van der Waals surface area contributed by atoms with Gasteiger partial charge >= 0.3 is 11.0 Å². The maximum Gasteiger partial charge on any atom is 0.324 e. The number of aromatic nitrogens is 2. The lowest BCUT2D eigenvalue weighted by atomic mass is 10.2. The van der Waals surface area contributed by atoms with Crippen molar-refractivity contribution in [3.63, 3.8) is 0 Å². The van der Waals surface area contributed by atoms with Gasteiger partial charge in [0.25, 0.3) is 11.8 Å². The Kier molecular flexibility index (Phi) is 4.87. The highest BCUT2D eigenvalue weighted by Gasteiger charge is 2.13. The van der Waals surface area contributed by atoms with Gasteiger partial charge in [-0.1, -0.05) is 40.2 Å². The summed E-state index contributed by atoms with van der Waals surface area (Å²) in [6.45, 7) is 0. The minimum absolute atomic E-state index is 0.00124. The number of carbonyl (C=O) groups excluding carboxylic acids is 1. The van der Waals surface area contributed by atoms with Gasteiger partial charge in [-0.15, -0.1) is 5.10 Å². The van der Waals surface area contributed by atoms with Crippen LogP contribution in [-0.4, -0.2) is 21.0 Å². The molecule has 0 unspecified atom stereocenters. The summed E-state index contributed by atoms with van der Waals surface area (Å²) in [4.78, 5) is 22.6. The van der Waals surface area contributed by atoms with E-state index in [4.69, 9.17) is 16.0 Å². The maximum absolute atomic E-state index is 11.9. The highest BCUT2D eigenvalue weighted by atomic mass is 35.5. The molecule has 0 aliphatic heterocycles. The molecule has 0 fully saturated rings.